The molecular formula is C12H14N2O3. The van der Waals surface area contributed by atoms with Crippen LogP contribution in [0.3, 0.4) is 0 Å². The number of carbonyl (C=O) groups excluding carboxylic acids is 1. The summed E-state index contributed by atoms with van der Waals surface area (Å²) in [4.78, 5) is 11.3. The maximum Gasteiger partial charge on any atom is 0.330 e. The van der Waals surface area contributed by atoms with E-state index in [1.165, 1.54) is 7.11 Å². The number of hydrogen-bond donors (Lipinski definition) is 2. The molecule has 1 rings (SSSR count). The number of nitriles is 1. The number of ether oxygens (including phenoxy) is 1. The Morgan fingerprint density at radius 1 is 1.65 bits per heavy atom. The molecule has 0 heterocycles. The molecule has 0 spiro atoms. The highest BCUT2D eigenvalue weighted by molar-refractivity contribution is 5.80. The minimum absolute atomic E-state index is 0.397. The van der Waals surface area contributed by atoms with E-state index in [0.717, 1.165) is 5.56 Å². The Bertz CT molecular complexity index is 452. The zero-order valence-corrected chi connectivity index (χ0v) is 9.73. The maximum atomic E-state index is 11.3. The summed E-state index contributed by atoms with van der Waals surface area (Å²) in [7, 11) is 1.24. The second-order valence-corrected chi connectivity index (χ2v) is 3.56. The van der Waals surface area contributed by atoms with Gasteiger partial charge in [-0.1, -0.05) is 6.07 Å². The number of carbonyl (C=O) groups is 1. The zero-order chi connectivity index (χ0) is 12.8. The van der Waals surface area contributed by atoms with E-state index in [9.17, 15) is 4.79 Å². The lowest BCUT2D eigenvalue weighted by Crippen LogP contribution is -2.34. The molecule has 0 aliphatic heterocycles. The molecule has 0 radical (unpaired) electrons. The molecule has 1 unspecified atom stereocenters. The molecule has 0 aliphatic carbocycles. The number of aryl methyl sites for hydroxylation is 1. The van der Waals surface area contributed by atoms with Crippen LogP contribution >= 0.6 is 0 Å². The van der Waals surface area contributed by atoms with Crippen LogP contribution in [0.25, 0.3) is 0 Å². The van der Waals surface area contributed by atoms with E-state index < -0.39 is 18.6 Å². The van der Waals surface area contributed by atoms with Crippen molar-refractivity contribution in [3.8, 4) is 6.07 Å². The Hall–Kier alpha value is -2.06. The van der Waals surface area contributed by atoms with E-state index in [0.29, 0.717) is 11.3 Å². The average Bonchev–Trinajstić information content (AvgIpc) is 2.36. The standard InChI is InChI=1S/C12H14N2O3/c1-8-3-4-10(9(5-8)6-13)14-11(7-15)12(16)17-2/h3-5,11,14-15H,7H2,1-2H3. The van der Waals surface area contributed by atoms with Crippen molar-refractivity contribution >= 4 is 11.7 Å². The van der Waals surface area contributed by atoms with Crippen molar-refractivity contribution in [3.63, 3.8) is 0 Å². The molecule has 0 saturated carbocycles. The lowest BCUT2D eigenvalue weighted by Gasteiger charge is -2.16. The maximum absolute atomic E-state index is 11.3. The van der Waals surface area contributed by atoms with Crippen LogP contribution < -0.4 is 5.32 Å². The first-order valence-corrected chi connectivity index (χ1v) is 5.08. The zero-order valence-electron chi connectivity index (χ0n) is 9.73. The van der Waals surface area contributed by atoms with Crippen molar-refractivity contribution in [2.45, 2.75) is 13.0 Å². The topological polar surface area (TPSA) is 82.3 Å². The van der Waals surface area contributed by atoms with Gasteiger partial charge in [0, 0.05) is 0 Å². The summed E-state index contributed by atoms with van der Waals surface area (Å²) < 4.78 is 4.53. The summed E-state index contributed by atoms with van der Waals surface area (Å²) in [5.74, 6) is -0.572. The highest BCUT2D eigenvalue weighted by Gasteiger charge is 2.18. The van der Waals surface area contributed by atoms with Crippen LogP contribution in [-0.2, 0) is 9.53 Å². The third-order valence-electron chi connectivity index (χ3n) is 2.29. The quantitative estimate of drug-likeness (QED) is 0.753. The van der Waals surface area contributed by atoms with Gasteiger partial charge in [0.2, 0.25) is 0 Å². The average molecular weight is 234 g/mol. The fourth-order valence-electron chi connectivity index (χ4n) is 1.39. The first-order chi connectivity index (χ1) is 8.12. The number of hydrogen-bond acceptors (Lipinski definition) is 5. The van der Waals surface area contributed by atoms with Gasteiger partial charge in [-0.15, -0.1) is 0 Å². The number of methoxy groups -OCH3 is 1. The number of aliphatic hydroxyl groups excluding tert-OH is 1. The molecule has 1 aromatic carbocycles. The van der Waals surface area contributed by atoms with Crippen LogP contribution in [0.2, 0.25) is 0 Å². The molecule has 0 aliphatic rings. The van der Waals surface area contributed by atoms with Crippen LogP contribution in [-0.4, -0.2) is 30.8 Å². The largest absolute Gasteiger partial charge is 0.467 e. The lowest BCUT2D eigenvalue weighted by molar-refractivity contribution is -0.142. The second kappa shape index (κ2) is 5.87. The van der Waals surface area contributed by atoms with Crippen molar-refractivity contribution < 1.29 is 14.6 Å². The summed E-state index contributed by atoms with van der Waals surface area (Å²) in [5.41, 5.74) is 1.88. The van der Waals surface area contributed by atoms with Crippen LogP contribution in [0.15, 0.2) is 18.2 Å². The van der Waals surface area contributed by atoms with Crippen LogP contribution in [0, 0.1) is 18.3 Å². The van der Waals surface area contributed by atoms with Gasteiger partial charge < -0.3 is 15.2 Å². The van der Waals surface area contributed by atoms with E-state index in [-0.39, 0.29) is 0 Å². The van der Waals surface area contributed by atoms with Gasteiger partial charge in [-0.05, 0) is 24.6 Å². The summed E-state index contributed by atoms with van der Waals surface area (Å²) in [6.45, 7) is 1.47. The normalized spacial score (nSPS) is 11.4. The third kappa shape index (κ3) is 3.20. The molecule has 5 nitrogen and oxygen atoms in total. The van der Waals surface area contributed by atoms with Crippen LogP contribution in [0.1, 0.15) is 11.1 Å². The van der Waals surface area contributed by atoms with Crippen molar-refractivity contribution in [1.82, 2.24) is 0 Å². The molecule has 17 heavy (non-hydrogen) atoms. The molecule has 0 aromatic heterocycles. The Balaban J connectivity index is 2.94. The number of aliphatic hydroxyl groups is 1. The SMILES string of the molecule is COC(=O)C(CO)Nc1ccc(C)cc1C#N. The number of rotatable bonds is 4. The van der Waals surface area contributed by atoms with Gasteiger partial charge in [-0.25, -0.2) is 4.79 Å². The second-order valence-electron chi connectivity index (χ2n) is 3.56. The highest BCUT2D eigenvalue weighted by atomic mass is 16.5. The Kier molecular flexibility index (Phi) is 4.49. The van der Waals surface area contributed by atoms with E-state index >= 15 is 0 Å². The van der Waals surface area contributed by atoms with Gasteiger partial charge in [0.25, 0.3) is 0 Å². The van der Waals surface area contributed by atoms with Gasteiger partial charge in [0.15, 0.2) is 0 Å². The number of esters is 1. The third-order valence-corrected chi connectivity index (χ3v) is 2.29. The molecule has 0 fully saturated rings. The summed E-state index contributed by atoms with van der Waals surface area (Å²) in [5, 5.41) is 20.8. The van der Waals surface area contributed by atoms with E-state index in [1.807, 2.05) is 19.1 Å². The summed E-state index contributed by atoms with van der Waals surface area (Å²) in [6, 6.07) is 6.37. The smallest absolute Gasteiger partial charge is 0.330 e. The Labute approximate surface area is 99.6 Å². The number of nitrogens with zero attached hydrogens (tertiary/aromatic N) is 1. The molecule has 0 amide bonds. The van der Waals surface area contributed by atoms with E-state index in [2.05, 4.69) is 10.1 Å². The predicted octanol–water partition coefficient (Wildman–Crippen LogP) is 0.812. The van der Waals surface area contributed by atoms with Crippen molar-refractivity contribution in [3.05, 3.63) is 29.3 Å². The van der Waals surface area contributed by atoms with Crippen molar-refractivity contribution in [2.24, 2.45) is 0 Å². The van der Waals surface area contributed by atoms with Crippen LogP contribution in [0.4, 0.5) is 5.69 Å². The highest BCUT2D eigenvalue weighted by Crippen LogP contribution is 2.17. The first-order valence-electron chi connectivity index (χ1n) is 5.08. The van der Waals surface area contributed by atoms with Gasteiger partial charge in [0.05, 0.1) is 25.0 Å². The fourth-order valence-corrected chi connectivity index (χ4v) is 1.39. The molecule has 1 atom stereocenters. The van der Waals surface area contributed by atoms with Gasteiger partial charge in [-0.2, -0.15) is 5.26 Å². The fraction of sp³-hybridized carbons (Fsp3) is 0.333. The van der Waals surface area contributed by atoms with Crippen molar-refractivity contribution in [2.75, 3.05) is 19.0 Å². The van der Waals surface area contributed by atoms with Gasteiger partial charge in [0.1, 0.15) is 12.1 Å². The molecule has 0 saturated heterocycles. The predicted molar refractivity (Wildman–Crippen MR) is 62.4 cm³/mol. The van der Waals surface area contributed by atoms with E-state index in [1.54, 1.807) is 12.1 Å². The summed E-state index contributed by atoms with van der Waals surface area (Å²) in [6.07, 6.45) is 0. The molecule has 1 aromatic rings. The number of benzene rings is 1. The minimum Gasteiger partial charge on any atom is -0.467 e. The van der Waals surface area contributed by atoms with Gasteiger partial charge in [-0.3, -0.25) is 0 Å². The Morgan fingerprint density at radius 2 is 2.35 bits per heavy atom. The van der Waals surface area contributed by atoms with Crippen molar-refractivity contribution in [1.29, 1.82) is 5.26 Å². The number of anilines is 1. The molecule has 90 valence electrons. The van der Waals surface area contributed by atoms with Gasteiger partial charge >= 0.3 is 5.97 Å². The minimum atomic E-state index is -0.866. The lowest BCUT2D eigenvalue weighted by atomic mass is 10.1. The van der Waals surface area contributed by atoms with Crippen LogP contribution in [0.5, 0.6) is 0 Å². The monoisotopic (exact) mass is 234 g/mol. The first kappa shape index (κ1) is 13.0. The molecule has 2 N–H and O–H groups in total. The Morgan fingerprint density at radius 3 is 2.88 bits per heavy atom. The molecule has 0 bridgehead atoms. The van der Waals surface area contributed by atoms with E-state index in [4.69, 9.17) is 10.4 Å². The molecular weight excluding hydrogens is 220 g/mol. The summed E-state index contributed by atoms with van der Waals surface area (Å²) >= 11 is 0. The number of nitrogens with one attached hydrogen (secondary N) is 1. The molecule has 5 heteroatoms.